The number of anilines is 2. The van der Waals surface area contributed by atoms with Crippen molar-refractivity contribution in [2.24, 2.45) is 0 Å². The summed E-state index contributed by atoms with van der Waals surface area (Å²) in [4.78, 5) is 34.4. The van der Waals surface area contributed by atoms with Crippen molar-refractivity contribution in [2.75, 3.05) is 38.5 Å². The maximum absolute atomic E-state index is 15.0. The zero-order chi connectivity index (χ0) is 27.8. The van der Waals surface area contributed by atoms with Crippen LogP contribution in [0.4, 0.5) is 20.5 Å². The molecule has 4 heterocycles. The Morgan fingerprint density at radius 3 is 2.54 bits per heavy atom. The standard InChI is InChI=1S/C28H32F2N8O/c1-16(2)38-18(4)33-26-21(29)13-19(14-23(26)38)25-22(30)15-31-28(35-25)34-24-8-7-20(17(3)32-24)27(39)37-10-6-9-36(5)11-12-37/h7-8,13-16H,6,9-12H2,1-5H3,(H,31,32,34,35). The minimum absolute atomic E-state index is 0.0435. The molecule has 0 spiro atoms. The molecule has 0 bridgehead atoms. The molecule has 3 aromatic heterocycles. The van der Waals surface area contributed by atoms with Gasteiger partial charge in [0.2, 0.25) is 5.95 Å². The number of nitrogens with one attached hydrogen (secondary N) is 1. The summed E-state index contributed by atoms with van der Waals surface area (Å²) in [5.41, 5.74) is 2.13. The van der Waals surface area contributed by atoms with E-state index in [1.165, 1.54) is 6.07 Å². The number of fused-ring (bicyclic) bond motifs is 1. The van der Waals surface area contributed by atoms with Crippen LogP contribution in [0.5, 0.6) is 0 Å². The third-order valence-electron chi connectivity index (χ3n) is 7.02. The Morgan fingerprint density at radius 1 is 1.00 bits per heavy atom. The maximum Gasteiger partial charge on any atom is 0.255 e. The lowest BCUT2D eigenvalue weighted by Crippen LogP contribution is -2.35. The molecule has 1 aromatic carbocycles. The van der Waals surface area contributed by atoms with Crippen molar-refractivity contribution in [3.05, 3.63) is 59.2 Å². The second kappa shape index (κ2) is 10.6. The molecule has 5 rings (SSSR count). The van der Waals surface area contributed by atoms with Gasteiger partial charge in [-0.05, 0) is 72.0 Å². The van der Waals surface area contributed by atoms with Crippen molar-refractivity contribution >= 4 is 28.7 Å². The zero-order valence-corrected chi connectivity index (χ0v) is 22.8. The lowest BCUT2D eigenvalue weighted by Gasteiger charge is -2.21. The van der Waals surface area contributed by atoms with Crippen LogP contribution in [0.1, 0.15) is 48.2 Å². The van der Waals surface area contributed by atoms with E-state index in [0.29, 0.717) is 41.5 Å². The highest BCUT2D eigenvalue weighted by molar-refractivity contribution is 5.95. The highest BCUT2D eigenvalue weighted by Gasteiger charge is 2.22. The summed E-state index contributed by atoms with van der Waals surface area (Å²) >= 11 is 0. The van der Waals surface area contributed by atoms with E-state index in [0.717, 1.165) is 25.7 Å². The molecular weight excluding hydrogens is 502 g/mol. The molecule has 0 aliphatic carbocycles. The summed E-state index contributed by atoms with van der Waals surface area (Å²) in [7, 11) is 2.06. The molecule has 39 heavy (non-hydrogen) atoms. The van der Waals surface area contributed by atoms with Gasteiger partial charge in [-0.15, -0.1) is 0 Å². The Hall–Kier alpha value is -3.99. The number of aromatic nitrogens is 5. The predicted octanol–water partition coefficient (Wildman–Crippen LogP) is 4.89. The van der Waals surface area contributed by atoms with Gasteiger partial charge in [0.05, 0.1) is 23.0 Å². The highest BCUT2D eigenvalue weighted by atomic mass is 19.1. The lowest BCUT2D eigenvalue weighted by atomic mass is 10.1. The van der Waals surface area contributed by atoms with E-state index >= 15 is 0 Å². The molecule has 0 atom stereocenters. The average Bonchev–Trinajstić information content (AvgIpc) is 3.08. The first-order chi connectivity index (χ1) is 18.6. The molecule has 1 saturated heterocycles. The van der Waals surface area contributed by atoms with Gasteiger partial charge in [0.15, 0.2) is 11.6 Å². The third kappa shape index (κ3) is 5.31. The van der Waals surface area contributed by atoms with Crippen molar-refractivity contribution in [1.82, 2.24) is 34.3 Å². The number of hydrogen-bond acceptors (Lipinski definition) is 7. The molecule has 1 aliphatic heterocycles. The van der Waals surface area contributed by atoms with E-state index in [4.69, 9.17) is 0 Å². The molecule has 1 aliphatic rings. The maximum atomic E-state index is 15.0. The van der Waals surface area contributed by atoms with Crippen molar-refractivity contribution in [2.45, 2.75) is 40.2 Å². The van der Waals surface area contributed by atoms with Crippen LogP contribution in [0.3, 0.4) is 0 Å². The number of benzene rings is 1. The predicted molar refractivity (Wildman–Crippen MR) is 146 cm³/mol. The quantitative estimate of drug-likeness (QED) is 0.390. The number of pyridine rings is 1. The second-order valence-corrected chi connectivity index (χ2v) is 10.2. The fourth-order valence-electron chi connectivity index (χ4n) is 5.08. The van der Waals surface area contributed by atoms with Crippen LogP contribution in [0.2, 0.25) is 0 Å². The SMILES string of the molecule is Cc1nc(Nc2ncc(F)c(-c3cc(F)c4nc(C)n(C(C)C)c4c3)n2)ccc1C(=O)N1CCCN(C)CC1. The van der Waals surface area contributed by atoms with Gasteiger partial charge in [-0.2, -0.15) is 0 Å². The van der Waals surface area contributed by atoms with Crippen LogP contribution in [-0.2, 0) is 0 Å². The number of carbonyl (C=O) groups is 1. The van der Waals surface area contributed by atoms with Crippen LogP contribution >= 0.6 is 0 Å². The van der Waals surface area contributed by atoms with Crippen LogP contribution in [0.15, 0.2) is 30.5 Å². The van der Waals surface area contributed by atoms with E-state index in [1.54, 1.807) is 25.1 Å². The van der Waals surface area contributed by atoms with Gasteiger partial charge >= 0.3 is 0 Å². The van der Waals surface area contributed by atoms with Gasteiger partial charge in [-0.25, -0.2) is 28.7 Å². The van der Waals surface area contributed by atoms with E-state index < -0.39 is 11.6 Å². The molecule has 0 unspecified atom stereocenters. The fraction of sp³-hybridized carbons (Fsp3) is 0.393. The fourth-order valence-corrected chi connectivity index (χ4v) is 5.08. The van der Waals surface area contributed by atoms with Crippen LogP contribution in [-0.4, -0.2) is 73.4 Å². The molecule has 1 fully saturated rings. The van der Waals surface area contributed by atoms with Crippen LogP contribution in [0, 0.1) is 25.5 Å². The Kier molecular flexibility index (Phi) is 7.26. The summed E-state index contributed by atoms with van der Waals surface area (Å²) in [5, 5.41) is 2.99. The Bertz CT molecular complexity index is 1550. The number of likely N-dealkylation sites (N-methyl/N-ethyl adjacent to an activating group) is 1. The summed E-state index contributed by atoms with van der Waals surface area (Å²) in [6.45, 7) is 10.7. The second-order valence-electron chi connectivity index (χ2n) is 10.2. The molecule has 0 radical (unpaired) electrons. The number of amides is 1. The van der Waals surface area contributed by atoms with Gasteiger partial charge in [0.25, 0.3) is 5.91 Å². The number of halogens is 2. The van der Waals surface area contributed by atoms with E-state index in [1.807, 2.05) is 30.2 Å². The zero-order valence-electron chi connectivity index (χ0n) is 22.8. The molecular formula is C28H32F2N8O. The molecule has 11 heteroatoms. The van der Waals surface area contributed by atoms with Crippen molar-refractivity contribution in [3.63, 3.8) is 0 Å². The molecule has 0 saturated carbocycles. The summed E-state index contributed by atoms with van der Waals surface area (Å²) in [6, 6.07) is 6.37. The number of hydrogen-bond donors (Lipinski definition) is 1. The van der Waals surface area contributed by atoms with E-state index in [2.05, 4.69) is 37.2 Å². The topological polar surface area (TPSA) is 92.1 Å². The van der Waals surface area contributed by atoms with Gasteiger partial charge in [0.1, 0.15) is 22.9 Å². The Labute approximate surface area is 225 Å². The average molecular weight is 535 g/mol. The van der Waals surface area contributed by atoms with Crippen molar-refractivity contribution < 1.29 is 13.6 Å². The third-order valence-corrected chi connectivity index (χ3v) is 7.02. The van der Waals surface area contributed by atoms with Crippen molar-refractivity contribution in [3.8, 4) is 11.3 Å². The molecule has 1 amide bonds. The van der Waals surface area contributed by atoms with Gasteiger partial charge in [-0.3, -0.25) is 4.79 Å². The Morgan fingerprint density at radius 2 is 1.79 bits per heavy atom. The summed E-state index contributed by atoms with van der Waals surface area (Å²) in [6.07, 6.45) is 1.97. The van der Waals surface area contributed by atoms with E-state index in [9.17, 15) is 13.6 Å². The van der Waals surface area contributed by atoms with Gasteiger partial charge in [-0.1, -0.05) is 0 Å². The summed E-state index contributed by atoms with van der Waals surface area (Å²) < 4.78 is 31.8. The number of nitrogens with zero attached hydrogens (tertiary/aromatic N) is 7. The molecule has 1 N–H and O–H groups in total. The van der Waals surface area contributed by atoms with Gasteiger partial charge < -0.3 is 19.7 Å². The van der Waals surface area contributed by atoms with Crippen LogP contribution < -0.4 is 5.32 Å². The molecule has 204 valence electrons. The smallest absolute Gasteiger partial charge is 0.255 e. The Balaban J connectivity index is 1.41. The van der Waals surface area contributed by atoms with E-state index in [-0.39, 0.29) is 34.7 Å². The van der Waals surface area contributed by atoms with Crippen molar-refractivity contribution in [1.29, 1.82) is 0 Å². The number of aryl methyl sites for hydroxylation is 2. The largest absolute Gasteiger partial charge is 0.337 e. The highest BCUT2D eigenvalue weighted by Crippen LogP contribution is 2.30. The normalized spacial score (nSPS) is 14.7. The minimum Gasteiger partial charge on any atom is -0.337 e. The lowest BCUT2D eigenvalue weighted by molar-refractivity contribution is 0.0761. The number of carbonyl (C=O) groups excluding carboxylic acids is 1. The number of rotatable bonds is 5. The van der Waals surface area contributed by atoms with Crippen LogP contribution in [0.25, 0.3) is 22.3 Å². The first kappa shape index (κ1) is 26.6. The first-order valence-electron chi connectivity index (χ1n) is 13.1. The number of imidazole rings is 1. The first-order valence-corrected chi connectivity index (χ1v) is 13.1. The van der Waals surface area contributed by atoms with Gasteiger partial charge in [0, 0.05) is 31.2 Å². The minimum atomic E-state index is -0.681. The molecule has 4 aromatic rings. The molecule has 9 nitrogen and oxygen atoms in total. The monoisotopic (exact) mass is 534 g/mol. The summed E-state index contributed by atoms with van der Waals surface area (Å²) in [5.74, 6) is -0.0937.